The van der Waals surface area contributed by atoms with Crippen LogP contribution in [0.1, 0.15) is 51.5 Å². The Bertz CT molecular complexity index is 580. The van der Waals surface area contributed by atoms with E-state index in [1.807, 2.05) is 12.1 Å². The van der Waals surface area contributed by atoms with Gasteiger partial charge < -0.3 is 19.9 Å². The molecule has 1 N–H and O–H groups in total. The lowest BCUT2D eigenvalue weighted by atomic mass is 9.99. The molecule has 0 bridgehead atoms. The molecule has 26 heavy (non-hydrogen) atoms. The molecule has 0 spiro atoms. The number of rotatable bonds is 6. The third-order valence-electron chi connectivity index (χ3n) is 4.89. The summed E-state index contributed by atoms with van der Waals surface area (Å²) in [6, 6.07) is 7.89. The van der Waals surface area contributed by atoms with Crippen LogP contribution in [0.15, 0.2) is 24.3 Å². The highest BCUT2D eigenvalue weighted by Gasteiger charge is 2.25. The van der Waals surface area contributed by atoms with Crippen LogP contribution in [0, 0.1) is 0 Å². The predicted molar refractivity (Wildman–Crippen MR) is 104 cm³/mol. The topological polar surface area (TPSA) is 61.9 Å². The zero-order valence-electron chi connectivity index (χ0n) is 16.2. The van der Waals surface area contributed by atoms with Gasteiger partial charge in [-0.2, -0.15) is 0 Å². The predicted octanol–water partition coefficient (Wildman–Crippen LogP) is 4.29. The van der Waals surface area contributed by atoms with Crippen molar-refractivity contribution >= 4 is 17.8 Å². The van der Waals surface area contributed by atoms with E-state index in [4.69, 9.17) is 4.74 Å². The lowest BCUT2D eigenvalue weighted by Gasteiger charge is -2.34. The number of urea groups is 1. The molecule has 1 fully saturated rings. The SMILES string of the molecule is CCCCOC(=O)N1CCN(C(=O)Nc2ccc(C(C)CC)cc2)CC1. The molecule has 0 aliphatic carbocycles. The van der Waals surface area contributed by atoms with E-state index in [1.165, 1.54) is 5.56 Å². The van der Waals surface area contributed by atoms with Gasteiger partial charge in [-0.05, 0) is 36.5 Å². The van der Waals surface area contributed by atoms with Gasteiger partial charge in [0.25, 0.3) is 0 Å². The van der Waals surface area contributed by atoms with Crippen LogP contribution in [0.4, 0.5) is 15.3 Å². The van der Waals surface area contributed by atoms with Crippen molar-refractivity contribution in [2.75, 3.05) is 38.1 Å². The van der Waals surface area contributed by atoms with E-state index in [1.54, 1.807) is 9.80 Å². The Morgan fingerprint density at radius 3 is 2.27 bits per heavy atom. The summed E-state index contributed by atoms with van der Waals surface area (Å²) >= 11 is 0. The van der Waals surface area contributed by atoms with Gasteiger partial charge in [0.2, 0.25) is 0 Å². The molecule has 1 aromatic carbocycles. The molecule has 1 atom stereocenters. The molecule has 6 nitrogen and oxygen atoms in total. The van der Waals surface area contributed by atoms with Crippen LogP contribution >= 0.6 is 0 Å². The minimum absolute atomic E-state index is 0.125. The van der Waals surface area contributed by atoms with Crippen molar-refractivity contribution in [3.05, 3.63) is 29.8 Å². The molecular formula is C20H31N3O3. The Hall–Kier alpha value is -2.24. The summed E-state index contributed by atoms with van der Waals surface area (Å²) in [4.78, 5) is 27.7. The summed E-state index contributed by atoms with van der Waals surface area (Å²) in [5, 5.41) is 2.93. The van der Waals surface area contributed by atoms with E-state index in [2.05, 4.69) is 38.2 Å². The van der Waals surface area contributed by atoms with Crippen LogP contribution in [0.25, 0.3) is 0 Å². The van der Waals surface area contributed by atoms with Gasteiger partial charge in [-0.1, -0.05) is 39.3 Å². The number of unbranched alkanes of at least 4 members (excludes halogenated alkanes) is 1. The van der Waals surface area contributed by atoms with Gasteiger partial charge in [-0.15, -0.1) is 0 Å². The van der Waals surface area contributed by atoms with Crippen molar-refractivity contribution < 1.29 is 14.3 Å². The van der Waals surface area contributed by atoms with Crippen LogP contribution < -0.4 is 5.32 Å². The molecule has 0 aromatic heterocycles. The summed E-state index contributed by atoms with van der Waals surface area (Å²) in [6.07, 6.45) is 2.69. The average Bonchev–Trinajstić information content (AvgIpc) is 2.68. The Balaban J connectivity index is 1.78. The second kappa shape index (κ2) is 10.0. The van der Waals surface area contributed by atoms with Gasteiger partial charge in [-0.25, -0.2) is 9.59 Å². The number of hydrogen-bond acceptors (Lipinski definition) is 3. The van der Waals surface area contributed by atoms with E-state index in [-0.39, 0.29) is 12.1 Å². The Morgan fingerprint density at radius 2 is 1.69 bits per heavy atom. The Morgan fingerprint density at radius 1 is 1.08 bits per heavy atom. The molecule has 1 aliphatic heterocycles. The summed E-state index contributed by atoms with van der Waals surface area (Å²) in [5.41, 5.74) is 2.07. The zero-order chi connectivity index (χ0) is 18.9. The molecule has 1 aliphatic rings. The Kier molecular flexibility index (Phi) is 7.75. The van der Waals surface area contributed by atoms with Crippen LogP contribution in [0.3, 0.4) is 0 Å². The van der Waals surface area contributed by atoms with Crippen LogP contribution in [-0.4, -0.2) is 54.7 Å². The van der Waals surface area contributed by atoms with Crippen LogP contribution in [0.2, 0.25) is 0 Å². The summed E-state index contributed by atoms with van der Waals surface area (Å²) in [5.74, 6) is 0.518. The number of anilines is 1. The average molecular weight is 361 g/mol. The van der Waals surface area contributed by atoms with E-state index >= 15 is 0 Å². The lowest BCUT2D eigenvalue weighted by molar-refractivity contribution is 0.0823. The first-order valence-electron chi connectivity index (χ1n) is 9.62. The highest BCUT2D eigenvalue weighted by atomic mass is 16.6. The van der Waals surface area contributed by atoms with Crippen LogP contribution in [0.5, 0.6) is 0 Å². The van der Waals surface area contributed by atoms with Gasteiger partial charge in [0.05, 0.1) is 6.61 Å². The molecule has 0 saturated carbocycles. The van der Waals surface area contributed by atoms with Crippen molar-refractivity contribution in [3.8, 4) is 0 Å². The number of nitrogens with one attached hydrogen (secondary N) is 1. The monoisotopic (exact) mass is 361 g/mol. The van der Waals surface area contributed by atoms with Gasteiger partial charge >= 0.3 is 12.1 Å². The number of amides is 3. The lowest BCUT2D eigenvalue weighted by Crippen LogP contribution is -2.51. The molecule has 3 amide bonds. The van der Waals surface area contributed by atoms with Crippen LogP contribution in [-0.2, 0) is 4.74 Å². The molecule has 144 valence electrons. The smallest absolute Gasteiger partial charge is 0.409 e. The van der Waals surface area contributed by atoms with Crippen molar-refractivity contribution in [3.63, 3.8) is 0 Å². The maximum Gasteiger partial charge on any atom is 0.409 e. The summed E-state index contributed by atoms with van der Waals surface area (Å²) in [6.45, 7) is 8.92. The normalized spacial score (nSPS) is 15.5. The molecule has 1 aromatic rings. The highest BCUT2D eigenvalue weighted by molar-refractivity contribution is 5.89. The maximum atomic E-state index is 12.4. The van der Waals surface area contributed by atoms with E-state index < -0.39 is 0 Å². The summed E-state index contributed by atoms with van der Waals surface area (Å²) < 4.78 is 5.22. The molecule has 1 heterocycles. The largest absolute Gasteiger partial charge is 0.449 e. The number of nitrogens with zero attached hydrogens (tertiary/aromatic N) is 2. The Labute approximate surface area is 156 Å². The standard InChI is InChI=1S/C20H31N3O3/c1-4-6-15-26-20(25)23-13-11-22(12-14-23)19(24)21-18-9-7-17(8-10-18)16(3)5-2/h7-10,16H,4-6,11-15H2,1-3H3,(H,21,24). The van der Waals surface area contributed by atoms with Gasteiger partial charge in [0.15, 0.2) is 0 Å². The maximum absolute atomic E-state index is 12.4. The molecule has 0 radical (unpaired) electrons. The fourth-order valence-electron chi connectivity index (χ4n) is 2.82. The first kappa shape index (κ1) is 20.1. The molecule has 2 rings (SSSR count). The minimum Gasteiger partial charge on any atom is -0.449 e. The number of benzene rings is 1. The molecule has 6 heteroatoms. The number of hydrogen-bond donors (Lipinski definition) is 1. The first-order valence-corrected chi connectivity index (χ1v) is 9.62. The highest BCUT2D eigenvalue weighted by Crippen LogP contribution is 2.20. The molecule has 1 saturated heterocycles. The van der Waals surface area contributed by atoms with Gasteiger partial charge in [-0.3, -0.25) is 0 Å². The third-order valence-corrected chi connectivity index (χ3v) is 4.89. The van der Waals surface area contributed by atoms with Crippen molar-refractivity contribution in [2.45, 2.75) is 46.0 Å². The summed E-state index contributed by atoms with van der Waals surface area (Å²) in [7, 11) is 0. The fourth-order valence-corrected chi connectivity index (χ4v) is 2.82. The third kappa shape index (κ3) is 5.64. The zero-order valence-corrected chi connectivity index (χ0v) is 16.2. The second-order valence-electron chi connectivity index (χ2n) is 6.80. The second-order valence-corrected chi connectivity index (χ2v) is 6.80. The fraction of sp³-hybridized carbons (Fsp3) is 0.600. The molecule has 1 unspecified atom stereocenters. The quantitative estimate of drug-likeness (QED) is 0.769. The van der Waals surface area contributed by atoms with E-state index in [0.717, 1.165) is 24.9 Å². The first-order chi connectivity index (χ1) is 12.5. The van der Waals surface area contributed by atoms with E-state index in [0.29, 0.717) is 38.7 Å². The van der Waals surface area contributed by atoms with Gasteiger partial charge in [0, 0.05) is 31.9 Å². The van der Waals surface area contributed by atoms with E-state index in [9.17, 15) is 9.59 Å². The van der Waals surface area contributed by atoms with Crippen molar-refractivity contribution in [1.82, 2.24) is 9.80 Å². The number of carbonyl (C=O) groups is 2. The number of carbonyl (C=O) groups excluding carboxylic acids is 2. The minimum atomic E-state index is -0.279. The number of piperazine rings is 1. The molecular weight excluding hydrogens is 330 g/mol. The van der Waals surface area contributed by atoms with Crippen molar-refractivity contribution in [2.24, 2.45) is 0 Å². The van der Waals surface area contributed by atoms with Gasteiger partial charge in [0.1, 0.15) is 0 Å². The van der Waals surface area contributed by atoms with Crippen molar-refractivity contribution in [1.29, 1.82) is 0 Å². The number of ether oxygens (including phenoxy) is 1.